The van der Waals surface area contributed by atoms with Crippen LogP contribution in [0.1, 0.15) is 31.1 Å². The van der Waals surface area contributed by atoms with E-state index in [-0.39, 0.29) is 23.5 Å². The summed E-state index contributed by atoms with van der Waals surface area (Å²) in [6.07, 6.45) is 0. The van der Waals surface area contributed by atoms with Gasteiger partial charge in [0.2, 0.25) is 15.9 Å². The average Bonchev–Trinajstić information content (AvgIpc) is 2.83. The Balaban J connectivity index is 1.56. The van der Waals surface area contributed by atoms with Crippen LogP contribution in [-0.4, -0.2) is 111 Å². The molecule has 0 N–H and O–H groups in total. The third-order valence-electron chi connectivity index (χ3n) is 6.31. The van der Waals surface area contributed by atoms with Crippen molar-refractivity contribution in [3.8, 4) is 0 Å². The Morgan fingerprint density at radius 2 is 1.53 bits per heavy atom. The number of hydrogen-bond acceptors (Lipinski definition) is 7. The van der Waals surface area contributed by atoms with Crippen molar-refractivity contribution in [1.29, 1.82) is 0 Å². The molecule has 9 nitrogen and oxygen atoms in total. The van der Waals surface area contributed by atoms with Gasteiger partial charge in [0.1, 0.15) is 0 Å². The van der Waals surface area contributed by atoms with Crippen LogP contribution < -0.4 is 0 Å². The third kappa shape index (κ3) is 5.48. The number of amides is 1. The summed E-state index contributed by atoms with van der Waals surface area (Å²) in [6.45, 7) is 12.0. The molecule has 10 heteroatoms. The van der Waals surface area contributed by atoms with Crippen molar-refractivity contribution in [3.05, 3.63) is 29.8 Å². The summed E-state index contributed by atoms with van der Waals surface area (Å²) in [5, 5.41) is 0. The van der Waals surface area contributed by atoms with Crippen LogP contribution in [0.5, 0.6) is 0 Å². The van der Waals surface area contributed by atoms with Gasteiger partial charge in [-0.05, 0) is 44.7 Å². The molecule has 178 valence electrons. The van der Waals surface area contributed by atoms with Crippen molar-refractivity contribution in [3.63, 3.8) is 0 Å². The van der Waals surface area contributed by atoms with E-state index in [2.05, 4.69) is 16.7 Å². The van der Waals surface area contributed by atoms with E-state index in [1.54, 1.807) is 6.92 Å². The minimum absolute atomic E-state index is 0.117. The highest BCUT2D eigenvalue weighted by atomic mass is 32.2. The second kappa shape index (κ2) is 10.7. The molecular weight excluding hydrogens is 432 g/mol. The van der Waals surface area contributed by atoms with Crippen LogP contribution in [0.4, 0.5) is 0 Å². The van der Waals surface area contributed by atoms with Crippen LogP contribution in [-0.2, 0) is 19.6 Å². The molecule has 1 unspecified atom stereocenters. The monoisotopic (exact) mass is 466 g/mol. The van der Waals surface area contributed by atoms with E-state index in [0.29, 0.717) is 31.7 Å². The number of carbonyl (C=O) groups is 2. The van der Waals surface area contributed by atoms with Gasteiger partial charge in [-0.15, -0.1) is 0 Å². The summed E-state index contributed by atoms with van der Waals surface area (Å²) >= 11 is 0. The van der Waals surface area contributed by atoms with Gasteiger partial charge in [0.15, 0.2) is 0 Å². The van der Waals surface area contributed by atoms with E-state index in [9.17, 15) is 18.0 Å². The molecule has 1 amide bonds. The lowest BCUT2D eigenvalue weighted by molar-refractivity contribution is -0.138. The number of likely N-dealkylation sites (N-methyl/N-ethyl adjacent to an activating group) is 1. The summed E-state index contributed by atoms with van der Waals surface area (Å²) in [5.41, 5.74) is 0.322. The molecule has 0 radical (unpaired) electrons. The van der Waals surface area contributed by atoms with Crippen LogP contribution in [0.25, 0.3) is 0 Å². The predicted molar refractivity (Wildman–Crippen MR) is 121 cm³/mol. The summed E-state index contributed by atoms with van der Waals surface area (Å²) in [6, 6.07) is 5.56. The van der Waals surface area contributed by atoms with Crippen LogP contribution >= 0.6 is 0 Å². The predicted octanol–water partition coefficient (Wildman–Crippen LogP) is 0.722. The number of ether oxygens (including phenoxy) is 1. The van der Waals surface area contributed by atoms with E-state index < -0.39 is 16.0 Å². The first-order valence-corrected chi connectivity index (χ1v) is 12.7. The third-order valence-corrected chi connectivity index (χ3v) is 8.23. The molecule has 2 aliphatic heterocycles. The lowest BCUT2D eigenvalue weighted by atomic mass is 10.2. The molecule has 0 spiro atoms. The number of hydrogen-bond donors (Lipinski definition) is 0. The van der Waals surface area contributed by atoms with Crippen molar-refractivity contribution < 1.29 is 22.7 Å². The normalized spacial score (nSPS) is 20.2. The first-order valence-electron chi connectivity index (χ1n) is 11.3. The highest BCUT2D eigenvalue weighted by Crippen LogP contribution is 2.20. The Morgan fingerprint density at radius 1 is 0.938 bits per heavy atom. The van der Waals surface area contributed by atoms with Gasteiger partial charge in [0.05, 0.1) is 23.1 Å². The number of nitrogens with zero attached hydrogens (tertiary/aromatic N) is 4. The van der Waals surface area contributed by atoms with Gasteiger partial charge in [-0.1, -0.05) is 6.92 Å². The van der Waals surface area contributed by atoms with Crippen molar-refractivity contribution in [2.75, 3.05) is 65.5 Å². The second-order valence-corrected chi connectivity index (χ2v) is 10.1. The second-order valence-electron chi connectivity index (χ2n) is 8.12. The molecule has 1 atom stereocenters. The zero-order valence-electron chi connectivity index (χ0n) is 19.2. The van der Waals surface area contributed by atoms with E-state index >= 15 is 0 Å². The standard InChI is InChI=1S/C22H34N4O5S/c1-4-23-10-12-25(13-11-23)21(27)18(3)24-14-16-26(17-15-24)32(29,30)20-8-6-19(7-9-20)22(28)31-5-2/h6-9,18H,4-5,10-17H2,1-3H3. The zero-order chi connectivity index (χ0) is 23.3. The maximum absolute atomic E-state index is 13.0. The van der Waals surface area contributed by atoms with Crippen LogP contribution in [0.15, 0.2) is 29.2 Å². The molecule has 2 fully saturated rings. The van der Waals surface area contributed by atoms with Crippen LogP contribution in [0.2, 0.25) is 0 Å². The Hall–Kier alpha value is -2.01. The Bertz CT molecular complexity index is 889. The van der Waals surface area contributed by atoms with Gasteiger partial charge in [0, 0.05) is 52.4 Å². The van der Waals surface area contributed by atoms with E-state index in [1.165, 1.54) is 28.6 Å². The Labute approximate surface area is 190 Å². The van der Waals surface area contributed by atoms with E-state index in [4.69, 9.17) is 4.74 Å². The number of piperazine rings is 2. The van der Waals surface area contributed by atoms with Crippen LogP contribution in [0.3, 0.4) is 0 Å². The largest absolute Gasteiger partial charge is 0.462 e. The van der Waals surface area contributed by atoms with Crippen LogP contribution in [0, 0.1) is 0 Å². The van der Waals surface area contributed by atoms with E-state index in [0.717, 1.165) is 32.7 Å². The molecule has 0 aromatic heterocycles. The molecule has 2 aliphatic rings. The number of rotatable bonds is 7. The first-order chi connectivity index (χ1) is 15.3. The number of carbonyl (C=O) groups excluding carboxylic acids is 2. The maximum atomic E-state index is 13.0. The van der Waals surface area contributed by atoms with E-state index in [1.807, 2.05) is 11.8 Å². The highest BCUT2D eigenvalue weighted by Gasteiger charge is 2.34. The molecule has 0 aliphatic carbocycles. The zero-order valence-corrected chi connectivity index (χ0v) is 20.0. The molecule has 2 saturated heterocycles. The number of sulfonamides is 1. The van der Waals surface area contributed by atoms with Crippen molar-refractivity contribution >= 4 is 21.9 Å². The van der Waals surface area contributed by atoms with Crippen molar-refractivity contribution in [2.24, 2.45) is 0 Å². The van der Waals surface area contributed by atoms with Gasteiger partial charge < -0.3 is 14.5 Å². The molecule has 0 bridgehead atoms. The molecule has 3 rings (SSSR count). The van der Waals surface area contributed by atoms with Gasteiger partial charge in [0.25, 0.3) is 0 Å². The van der Waals surface area contributed by atoms with Gasteiger partial charge in [-0.2, -0.15) is 4.31 Å². The average molecular weight is 467 g/mol. The topological polar surface area (TPSA) is 90.5 Å². The molecule has 32 heavy (non-hydrogen) atoms. The summed E-state index contributed by atoms with van der Waals surface area (Å²) in [4.78, 5) is 31.2. The Kier molecular flexibility index (Phi) is 8.26. The summed E-state index contributed by atoms with van der Waals surface area (Å²) in [5.74, 6) is -0.355. The van der Waals surface area contributed by atoms with Gasteiger partial charge in [-0.25, -0.2) is 13.2 Å². The SMILES string of the molecule is CCOC(=O)c1ccc(S(=O)(=O)N2CCN(C(C)C(=O)N3CCN(CC)CC3)CC2)cc1. The fraction of sp³-hybridized carbons (Fsp3) is 0.636. The van der Waals surface area contributed by atoms with Gasteiger partial charge in [-0.3, -0.25) is 9.69 Å². The minimum atomic E-state index is -3.66. The molecular formula is C22H34N4O5S. The molecule has 0 saturated carbocycles. The fourth-order valence-electron chi connectivity index (χ4n) is 4.16. The first kappa shape index (κ1) is 24.6. The Morgan fingerprint density at radius 3 is 2.06 bits per heavy atom. The summed E-state index contributed by atoms with van der Waals surface area (Å²) in [7, 11) is -3.66. The van der Waals surface area contributed by atoms with Gasteiger partial charge >= 0.3 is 5.97 Å². The quantitative estimate of drug-likeness (QED) is 0.547. The minimum Gasteiger partial charge on any atom is -0.462 e. The lowest BCUT2D eigenvalue weighted by Crippen LogP contribution is -2.57. The van der Waals surface area contributed by atoms with Crippen molar-refractivity contribution in [1.82, 2.24) is 19.0 Å². The molecule has 1 aromatic carbocycles. The van der Waals surface area contributed by atoms with Crippen molar-refractivity contribution in [2.45, 2.75) is 31.7 Å². The molecule has 1 aromatic rings. The maximum Gasteiger partial charge on any atom is 0.338 e. The fourth-order valence-corrected chi connectivity index (χ4v) is 5.58. The summed E-state index contributed by atoms with van der Waals surface area (Å²) < 4.78 is 32.4. The number of esters is 1. The molecule has 2 heterocycles. The highest BCUT2D eigenvalue weighted by molar-refractivity contribution is 7.89. The smallest absolute Gasteiger partial charge is 0.338 e. The number of benzene rings is 1. The lowest BCUT2D eigenvalue weighted by Gasteiger charge is -2.40.